The van der Waals surface area contributed by atoms with Gasteiger partial charge in [-0.1, -0.05) is 12.1 Å². The van der Waals surface area contributed by atoms with Crippen LogP contribution in [0.25, 0.3) is 11.3 Å². The molecule has 0 radical (unpaired) electrons. The van der Waals surface area contributed by atoms with Crippen LogP contribution in [0.3, 0.4) is 0 Å². The van der Waals surface area contributed by atoms with Crippen molar-refractivity contribution in [3.05, 3.63) is 72.2 Å². The van der Waals surface area contributed by atoms with Gasteiger partial charge in [-0.05, 0) is 37.2 Å². The first-order valence-corrected chi connectivity index (χ1v) is 9.62. The first-order valence-electron chi connectivity index (χ1n) is 9.62. The maximum Gasteiger partial charge on any atom is 0.274 e. The standard InChI is InChI=1S/C22H20F2N4O2/c23-15-3-1-4-16(24)21(15)17-5-2-6-18(27-17)22(29)28-19-12-26-10-8-20(19)30-13-14-7-9-25-11-14/h1-6,8,10,12,14,25H,7,9,11,13H2,(H,28,29). The predicted molar refractivity (Wildman–Crippen MR) is 108 cm³/mol. The SMILES string of the molecule is O=C(Nc1cnccc1OCC1CCNC1)c1cccc(-c2c(F)cccc2F)n1. The third-order valence-electron chi connectivity index (χ3n) is 4.87. The summed E-state index contributed by atoms with van der Waals surface area (Å²) in [6.07, 6.45) is 4.11. The van der Waals surface area contributed by atoms with Crippen LogP contribution in [0.1, 0.15) is 16.9 Å². The molecule has 4 rings (SSSR count). The largest absolute Gasteiger partial charge is 0.491 e. The van der Waals surface area contributed by atoms with Crippen LogP contribution in [-0.2, 0) is 0 Å². The lowest BCUT2D eigenvalue weighted by atomic mass is 10.1. The smallest absolute Gasteiger partial charge is 0.274 e. The highest BCUT2D eigenvalue weighted by atomic mass is 19.1. The molecule has 1 aliphatic heterocycles. The average Bonchev–Trinajstić information content (AvgIpc) is 3.27. The van der Waals surface area contributed by atoms with Gasteiger partial charge in [0.05, 0.1) is 24.1 Å². The van der Waals surface area contributed by atoms with Crippen molar-refractivity contribution < 1.29 is 18.3 Å². The molecule has 0 saturated carbocycles. The topological polar surface area (TPSA) is 76.1 Å². The molecule has 2 N–H and O–H groups in total. The summed E-state index contributed by atoms with van der Waals surface area (Å²) in [4.78, 5) is 20.9. The normalized spacial score (nSPS) is 15.7. The van der Waals surface area contributed by atoms with E-state index in [1.54, 1.807) is 12.3 Å². The van der Waals surface area contributed by atoms with Crippen LogP contribution < -0.4 is 15.4 Å². The molecule has 2 aromatic heterocycles. The number of halogens is 2. The number of benzene rings is 1. The summed E-state index contributed by atoms with van der Waals surface area (Å²) in [5, 5.41) is 6.00. The van der Waals surface area contributed by atoms with E-state index in [1.807, 2.05) is 0 Å². The number of amides is 1. The lowest BCUT2D eigenvalue weighted by Crippen LogP contribution is -2.18. The molecular formula is C22H20F2N4O2. The van der Waals surface area contributed by atoms with E-state index in [9.17, 15) is 13.6 Å². The Labute approximate surface area is 172 Å². The lowest BCUT2D eigenvalue weighted by Gasteiger charge is -2.14. The zero-order valence-electron chi connectivity index (χ0n) is 16.1. The van der Waals surface area contributed by atoms with Crippen molar-refractivity contribution in [2.75, 3.05) is 25.0 Å². The van der Waals surface area contributed by atoms with E-state index in [0.717, 1.165) is 31.6 Å². The number of nitrogens with one attached hydrogen (secondary N) is 2. The Balaban J connectivity index is 1.52. The number of hydrogen-bond acceptors (Lipinski definition) is 5. The van der Waals surface area contributed by atoms with Gasteiger partial charge in [0.1, 0.15) is 28.8 Å². The number of carbonyl (C=O) groups is 1. The van der Waals surface area contributed by atoms with Crippen LogP contribution in [0.5, 0.6) is 5.75 Å². The van der Waals surface area contributed by atoms with Crippen LogP contribution in [0.15, 0.2) is 54.9 Å². The van der Waals surface area contributed by atoms with Crippen molar-refractivity contribution in [3.8, 4) is 17.0 Å². The Morgan fingerprint density at radius 3 is 2.73 bits per heavy atom. The molecule has 1 amide bonds. The van der Waals surface area contributed by atoms with Crippen molar-refractivity contribution in [3.63, 3.8) is 0 Å². The zero-order valence-corrected chi connectivity index (χ0v) is 16.1. The Morgan fingerprint density at radius 2 is 1.97 bits per heavy atom. The van der Waals surface area contributed by atoms with Crippen molar-refractivity contribution in [1.82, 2.24) is 15.3 Å². The molecule has 6 nitrogen and oxygen atoms in total. The summed E-state index contributed by atoms with van der Waals surface area (Å²) >= 11 is 0. The fourth-order valence-electron chi connectivity index (χ4n) is 3.30. The molecule has 0 spiro atoms. The van der Waals surface area contributed by atoms with Gasteiger partial charge in [0.25, 0.3) is 5.91 Å². The fourth-order valence-corrected chi connectivity index (χ4v) is 3.30. The quantitative estimate of drug-likeness (QED) is 0.649. The van der Waals surface area contributed by atoms with E-state index in [2.05, 4.69) is 20.6 Å². The number of pyridine rings is 2. The van der Waals surface area contributed by atoms with Gasteiger partial charge in [0, 0.05) is 24.7 Å². The summed E-state index contributed by atoms with van der Waals surface area (Å²) in [6.45, 7) is 2.40. The molecule has 1 unspecified atom stereocenters. The second kappa shape index (κ2) is 8.96. The molecule has 3 aromatic rings. The number of hydrogen-bond donors (Lipinski definition) is 2. The van der Waals surface area contributed by atoms with Crippen LogP contribution >= 0.6 is 0 Å². The van der Waals surface area contributed by atoms with Crippen LogP contribution in [-0.4, -0.2) is 35.6 Å². The van der Waals surface area contributed by atoms with E-state index >= 15 is 0 Å². The average molecular weight is 410 g/mol. The molecule has 1 aliphatic rings. The van der Waals surface area contributed by atoms with Crippen molar-refractivity contribution in [2.24, 2.45) is 5.92 Å². The predicted octanol–water partition coefficient (Wildman–Crippen LogP) is 3.66. The number of rotatable bonds is 6. The van der Waals surface area contributed by atoms with Crippen molar-refractivity contribution in [1.29, 1.82) is 0 Å². The minimum atomic E-state index is -0.746. The molecule has 1 aromatic carbocycles. The van der Waals surface area contributed by atoms with E-state index in [-0.39, 0.29) is 17.0 Å². The Morgan fingerprint density at radius 1 is 1.17 bits per heavy atom. The summed E-state index contributed by atoms with van der Waals surface area (Å²) in [5.41, 5.74) is 0.181. The molecule has 154 valence electrons. The molecule has 3 heterocycles. The molecule has 0 aliphatic carbocycles. The number of anilines is 1. The monoisotopic (exact) mass is 410 g/mol. The Hall–Kier alpha value is -3.39. The molecule has 8 heteroatoms. The highest BCUT2D eigenvalue weighted by Gasteiger charge is 2.18. The number of ether oxygens (including phenoxy) is 1. The van der Waals surface area contributed by atoms with Gasteiger partial charge in [-0.2, -0.15) is 0 Å². The van der Waals surface area contributed by atoms with Crippen LogP contribution in [0, 0.1) is 17.6 Å². The first-order chi connectivity index (χ1) is 14.6. The Kier molecular flexibility index (Phi) is 5.94. The van der Waals surface area contributed by atoms with Crippen LogP contribution in [0.2, 0.25) is 0 Å². The van der Waals surface area contributed by atoms with Gasteiger partial charge in [0.2, 0.25) is 0 Å². The van der Waals surface area contributed by atoms with E-state index in [1.165, 1.54) is 30.5 Å². The van der Waals surface area contributed by atoms with Gasteiger partial charge in [-0.15, -0.1) is 0 Å². The maximum atomic E-state index is 14.1. The zero-order chi connectivity index (χ0) is 20.9. The minimum Gasteiger partial charge on any atom is -0.491 e. The molecule has 1 fully saturated rings. The third kappa shape index (κ3) is 4.44. The van der Waals surface area contributed by atoms with Gasteiger partial charge in [-0.25, -0.2) is 13.8 Å². The van der Waals surface area contributed by atoms with Crippen molar-refractivity contribution in [2.45, 2.75) is 6.42 Å². The van der Waals surface area contributed by atoms with Gasteiger partial charge >= 0.3 is 0 Å². The van der Waals surface area contributed by atoms with Crippen LogP contribution in [0.4, 0.5) is 14.5 Å². The lowest BCUT2D eigenvalue weighted by molar-refractivity contribution is 0.102. The summed E-state index contributed by atoms with van der Waals surface area (Å²) in [7, 11) is 0. The molecule has 30 heavy (non-hydrogen) atoms. The fraction of sp³-hybridized carbons (Fsp3) is 0.227. The number of nitrogens with zero attached hydrogens (tertiary/aromatic N) is 2. The summed E-state index contributed by atoms with van der Waals surface area (Å²) < 4.78 is 34.0. The maximum absolute atomic E-state index is 14.1. The highest BCUT2D eigenvalue weighted by Crippen LogP contribution is 2.26. The van der Waals surface area contributed by atoms with Gasteiger partial charge < -0.3 is 15.4 Å². The van der Waals surface area contributed by atoms with Gasteiger partial charge in [0.15, 0.2) is 0 Å². The molecule has 1 saturated heterocycles. The first kappa shape index (κ1) is 19.9. The Bertz CT molecular complexity index is 1030. The van der Waals surface area contributed by atoms with Crippen molar-refractivity contribution >= 4 is 11.6 Å². The number of carbonyl (C=O) groups excluding carboxylic acids is 1. The second-order valence-corrected chi connectivity index (χ2v) is 7.00. The minimum absolute atomic E-state index is 0.0185. The number of aromatic nitrogens is 2. The highest BCUT2D eigenvalue weighted by molar-refractivity contribution is 6.03. The van der Waals surface area contributed by atoms with Gasteiger partial charge in [-0.3, -0.25) is 9.78 Å². The molecular weight excluding hydrogens is 390 g/mol. The summed E-state index contributed by atoms with van der Waals surface area (Å²) in [6, 6.07) is 9.69. The van der Waals surface area contributed by atoms with E-state index < -0.39 is 17.5 Å². The molecule has 0 bridgehead atoms. The second-order valence-electron chi connectivity index (χ2n) is 7.00. The van der Waals surface area contributed by atoms with E-state index in [4.69, 9.17) is 4.74 Å². The molecule has 1 atom stereocenters. The summed E-state index contributed by atoms with van der Waals surface area (Å²) in [5.74, 6) is -1.11. The van der Waals surface area contributed by atoms with E-state index in [0.29, 0.717) is 24.0 Å². The third-order valence-corrected chi connectivity index (χ3v) is 4.87.